The number of nitrogens with two attached hydrogens (primary N) is 2. The van der Waals surface area contributed by atoms with Crippen LogP contribution in [0.25, 0.3) is 0 Å². The lowest BCUT2D eigenvalue weighted by Gasteiger charge is -2.33. The van der Waals surface area contributed by atoms with E-state index in [1.807, 2.05) is 6.07 Å². The Balaban J connectivity index is 2.24. The molecular formula is C14H19N3O2. The Morgan fingerprint density at radius 1 is 1.37 bits per heavy atom. The Kier molecular flexibility index (Phi) is 3.74. The molecule has 0 bridgehead atoms. The van der Waals surface area contributed by atoms with Crippen molar-refractivity contribution < 1.29 is 9.59 Å². The molecule has 1 heterocycles. The standard InChI is InChI=1S/C14H19N3O2/c1-9(18)12-7-11(4-5-13(12)15)17-6-2-3-10(8-17)14(16)19/h4-5,7,10H,2-3,6,8,15H2,1H3,(H2,16,19). The van der Waals surface area contributed by atoms with Crippen LogP contribution in [0.5, 0.6) is 0 Å². The molecule has 0 spiro atoms. The molecule has 1 fully saturated rings. The molecule has 1 unspecified atom stereocenters. The first-order valence-electron chi connectivity index (χ1n) is 6.43. The quantitative estimate of drug-likeness (QED) is 0.631. The zero-order valence-corrected chi connectivity index (χ0v) is 11.1. The summed E-state index contributed by atoms with van der Waals surface area (Å²) in [6.45, 7) is 2.97. The van der Waals surface area contributed by atoms with E-state index in [0.717, 1.165) is 25.1 Å². The van der Waals surface area contributed by atoms with Gasteiger partial charge in [-0.2, -0.15) is 0 Å². The van der Waals surface area contributed by atoms with Crippen molar-refractivity contribution >= 4 is 23.1 Å². The van der Waals surface area contributed by atoms with Crippen LogP contribution in [0, 0.1) is 5.92 Å². The Morgan fingerprint density at radius 2 is 2.11 bits per heavy atom. The third-order valence-corrected chi connectivity index (χ3v) is 3.61. The minimum Gasteiger partial charge on any atom is -0.398 e. The van der Waals surface area contributed by atoms with Crippen molar-refractivity contribution in [1.29, 1.82) is 0 Å². The summed E-state index contributed by atoms with van der Waals surface area (Å²) in [7, 11) is 0. The highest BCUT2D eigenvalue weighted by Gasteiger charge is 2.24. The SMILES string of the molecule is CC(=O)c1cc(N2CCCC(C(N)=O)C2)ccc1N. The molecule has 2 rings (SSSR count). The summed E-state index contributed by atoms with van der Waals surface area (Å²) in [5, 5.41) is 0. The van der Waals surface area contributed by atoms with E-state index in [-0.39, 0.29) is 17.6 Å². The summed E-state index contributed by atoms with van der Waals surface area (Å²) in [6, 6.07) is 5.41. The second kappa shape index (κ2) is 5.30. The largest absolute Gasteiger partial charge is 0.398 e. The number of nitrogens with zero attached hydrogens (tertiary/aromatic N) is 1. The number of nitrogen functional groups attached to an aromatic ring is 1. The van der Waals surface area contributed by atoms with Crippen LogP contribution in [0.15, 0.2) is 18.2 Å². The van der Waals surface area contributed by atoms with Crippen molar-refractivity contribution in [3.63, 3.8) is 0 Å². The summed E-state index contributed by atoms with van der Waals surface area (Å²) in [5.41, 5.74) is 13.1. The fraction of sp³-hybridized carbons (Fsp3) is 0.429. The number of piperidine rings is 1. The van der Waals surface area contributed by atoms with E-state index in [2.05, 4.69) is 4.90 Å². The van der Waals surface area contributed by atoms with Gasteiger partial charge in [0, 0.05) is 30.0 Å². The van der Waals surface area contributed by atoms with E-state index in [1.165, 1.54) is 6.92 Å². The number of anilines is 2. The van der Waals surface area contributed by atoms with Crippen molar-refractivity contribution in [3.8, 4) is 0 Å². The van der Waals surface area contributed by atoms with E-state index >= 15 is 0 Å². The lowest BCUT2D eigenvalue weighted by atomic mass is 9.96. The number of rotatable bonds is 3. The lowest BCUT2D eigenvalue weighted by Crippen LogP contribution is -2.41. The molecule has 1 aromatic carbocycles. The van der Waals surface area contributed by atoms with Gasteiger partial charge in [-0.15, -0.1) is 0 Å². The number of hydrogen-bond acceptors (Lipinski definition) is 4. The number of benzene rings is 1. The van der Waals surface area contributed by atoms with Gasteiger partial charge in [0.25, 0.3) is 0 Å². The highest BCUT2D eigenvalue weighted by Crippen LogP contribution is 2.26. The molecule has 1 amide bonds. The Hall–Kier alpha value is -2.04. The van der Waals surface area contributed by atoms with Crippen LogP contribution >= 0.6 is 0 Å². The van der Waals surface area contributed by atoms with Crippen molar-refractivity contribution in [2.24, 2.45) is 11.7 Å². The first kappa shape index (κ1) is 13.4. The van der Waals surface area contributed by atoms with Crippen LogP contribution in [0.4, 0.5) is 11.4 Å². The minimum absolute atomic E-state index is 0.0530. The maximum atomic E-state index is 11.5. The van der Waals surface area contributed by atoms with Gasteiger partial charge >= 0.3 is 0 Å². The fourth-order valence-corrected chi connectivity index (χ4v) is 2.49. The third kappa shape index (κ3) is 2.86. The molecule has 1 saturated heterocycles. The van der Waals surface area contributed by atoms with Gasteiger partial charge in [-0.1, -0.05) is 0 Å². The van der Waals surface area contributed by atoms with Crippen molar-refractivity contribution in [2.75, 3.05) is 23.7 Å². The summed E-state index contributed by atoms with van der Waals surface area (Å²) in [6.07, 6.45) is 1.76. The summed E-state index contributed by atoms with van der Waals surface area (Å²) >= 11 is 0. The first-order chi connectivity index (χ1) is 8.99. The van der Waals surface area contributed by atoms with Crippen LogP contribution in [0.2, 0.25) is 0 Å². The Bertz CT molecular complexity index is 513. The average Bonchev–Trinajstić information content (AvgIpc) is 2.39. The maximum absolute atomic E-state index is 11.5. The van der Waals surface area contributed by atoms with E-state index in [9.17, 15) is 9.59 Å². The molecule has 102 valence electrons. The number of carbonyl (C=O) groups is 2. The molecule has 0 saturated carbocycles. The molecule has 0 aromatic heterocycles. The molecule has 5 heteroatoms. The number of ketones is 1. The van der Waals surface area contributed by atoms with Crippen LogP contribution in [0.3, 0.4) is 0 Å². The number of hydrogen-bond donors (Lipinski definition) is 2. The lowest BCUT2D eigenvalue weighted by molar-refractivity contribution is -0.122. The second-order valence-corrected chi connectivity index (χ2v) is 5.02. The third-order valence-electron chi connectivity index (χ3n) is 3.61. The van der Waals surface area contributed by atoms with Crippen LogP contribution in [-0.4, -0.2) is 24.8 Å². The normalized spacial score (nSPS) is 19.2. The van der Waals surface area contributed by atoms with Gasteiger partial charge in [0.2, 0.25) is 5.91 Å². The predicted molar refractivity (Wildman–Crippen MR) is 75.0 cm³/mol. The van der Waals surface area contributed by atoms with E-state index in [0.29, 0.717) is 17.8 Å². The predicted octanol–water partition coefficient (Wildman–Crippen LogP) is 1.17. The fourth-order valence-electron chi connectivity index (χ4n) is 2.49. The molecule has 1 aliphatic heterocycles. The van der Waals surface area contributed by atoms with E-state index < -0.39 is 0 Å². The molecule has 19 heavy (non-hydrogen) atoms. The van der Waals surface area contributed by atoms with Gasteiger partial charge in [-0.05, 0) is 38.0 Å². The zero-order chi connectivity index (χ0) is 14.0. The van der Waals surface area contributed by atoms with Gasteiger partial charge in [0.1, 0.15) is 0 Å². The van der Waals surface area contributed by atoms with Crippen LogP contribution in [0.1, 0.15) is 30.1 Å². The highest BCUT2D eigenvalue weighted by atomic mass is 16.1. The van der Waals surface area contributed by atoms with Gasteiger partial charge in [-0.25, -0.2) is 0 Å². The second-order valence-electron chi connectivity index (χ2n) is 5.02. The number of primary amides is 1. The average molecular weight is 261 g/mol. The molecule has 1 aromatic rings. The van der Waals surface area contributed by atoms with Crippen LogP contribution in [-0.2, 0) is 4.79 Å². The molecule has 0 aliphatic carbocycles. The summed E-state index contributed by atoms with van der Waals surface area (Å²) < 4.78 is 0. The summed E-state index contributed by atoms with van der Waals surface area (Å²) in [5.74, 6) is -0.429. The van der Waals surface area contributed by atoms with Gasteiger partial charge < -0.3 is 16.4 Å². The smallest absolute Gasteiger partial charge is 0.222 e. The van der Waals surface area contributed by atoms with Crippen molar-refractivity contribution in [3.05, 3.63) is 23.8 Å². The van der Waals surface area contributed by atoms with Gasteiger partial charge in [0.05, 0.1) is 5.92 Å². The zero-order valence-electron chi connectivity index (χ0n) is 11.1. The highest BCUT2D eigenvalue weighted by molar-refractivity contribution is 6.00. The van der Waals surface area contributed by atoms with Crippen LogP contribution < -0.4 is 16.4 Å². The van der Waals surface area contributed by atoms with Crippen molar-refractivity contribution in [1.82, 2.24) is 0 Å². The molecule has 4 N–H and O–H groups in total. The summed E-state index contributed by atoms with van der Waals surface area (Å²) in [4.78, 5) is 24.9. The molecule has 1 atom stereocenters. The van der Waals surface area contributed by atoms with E-state index in [4.69, 9.17) is 11.5 Å². The Morgan fingerprint density at radius 3 is 2.74 bits per heavy atom. The minimum atomic E-state index is -0.257. The van der Waals surface area contributed by atoms with Gasteiger partial charge in [0.15, 0.2) is 5.78 Å². The van der Waals surface area contributed by atoms with Crippen molar-refractivity contribution in [2.45, 2.75) is 19.8 Å². The maximum Gasteiger partial charge on any atom is 0.222 e. The molecule has 5 nitrogen and oxygen atoms in total. The Labute approximate surface area is 112 Å². The van der Waals surface area contributed by atoms with Gasteiger partial charge in [-0.3, -0.25) is 9.59 Å². The molecular weight excluding hydrogens is 242 g/mol. The number of carbonyl (C=O) groups excluding carboxylic acids is 2. The van der Waals surface area contributed by atoms with E-state index in [1.54, 1.807) is 12.1 Å². The monoisotopic (exact) mass is 261 g/mol. The first-order valence-corrected chi connectivity index (χ1v) is 6.43. The topological polar surface area (TPSA) is 89.4 Å². The molecule has 0 radical (unpaired) electrons. The molecule has 1 aliphatic rings. The number of amides is 1. The number of Topliss-reactive ketones (excluding diaryl/α,β-unsaturated/α-hetero) is 1.